The van der Waals surface area contributed by atoms with Crippen LogP contribution in [0.2, 0.25) is 0 Å². The molecule has 1 N–H and O–H groups in total. The summed E-state index contributed by atoms with van der Waals surface area (Å²) in [6, 6.07) is 4.50. The summed E-state index contributed by atoms with van der Waals surface area (Å²) in [5.41, 5.74) is 2.02. The lowest BCUT2D eigenvalue weighted by atomic mass is 10.3. The zero-order chi connectivity index (χ0) is 13.0. The molecule has 0 saturated carbocycles. The van der Waals surface area contributed by atoms with Crippen molar-refractivity contribution in [2.45, 2.75) is 46.2 Å². The molecule has 4 heteroatoms. The van der Waals surface area contributed by atoms with Crippen LogP contribution in [0.1, 0.15) is 33.0 Å². The second-order valence-corrected chi connectivity index (χ2v) is 4.88. The number of pyridine rings is 1. The Balaban J connectivity index is 2.22. The van der Waals surface area contributed by atoms with Crippen molar-refractivity contribution in [1.29, 1.82) is 0 Å². The highest BCUT2D eigenvalue weighted by Crippen LogP contribution is 2.14. The number of nitrogens with one attached hydrogen (secondary N) is 1. The molecule has 2 aromatic rings. The van der Waals surface area contributed by atoms with Crippen LogP contribution in [0.15, 0.2) is 18.3 Å². The number of fused-ring (bicyclic) bond motifs is 1. The van der Waals surface area contributed by atoms with Crippen molar-refractivity contribution in [3.63, 3.8) is 0 Å². The molecule has 0 saturated heterocycles. The molecule has 4 nitrogen and oxygen atoms in total. The number of rotatable bonds is 6. The van der Waals surface area contributed by atoms with Crippen molar-refractivity contribution in [3.8, 4) is 0 Å². The molecule has 2 rings (SSSR count). The van der Waals surface area contributed by atoms with Gasteiger partial charge in [-0.2, -0.15) is 0 Å². The standard InChI is InChI=1S/C14H22N4/c1-4-10-18-13(7-9-15-11(2)3)17-12-6-5-8-16-14(12)18/h5-6,8,11,15H,4,7,9-10H2,1-3H3. The minimum Gasteiger partial charge on any atom is -0.314 e. The molecule has 0 aliphatic heterocycles. The zero-order valence-corrected chi connectivity index (χ0v) is 11.5. The van der Waals surface area contributed by atoms with E-state index in [1.165, 1.54) is 0 Å². The summed E-state index contributed by atoms with van der Waals surface area (Å²) < 4.78 is 2.25. The molecule has 0 fully saturated rings. The van der Waals surface area contributed by atoms with E-state index < -0.39 is 0 Å². The highest BCUT2D eigenvalue weighted by atomic mass is 15.1. The summed E-state index contributed by atoms with van der Waals surface area (Å²) >= 11 is 0. The smallest absolute Gasteiger partial charge is 0.159 e. The molecule has 0 atom stereocenters. The van der Waals surface area contributed by atoms with Gasteiger partial charge in [0.15, 0.2) is 5.65 Å². The minimum absolute atomic E-state index is 0.520. The molecule has 98 valence electrons. The predicted octanol–water partition coefficient (Wildman–Crippen LogP) is 2.38. The number of hydrogen-bond acceptors (Lipinski definition) is 3. The topological polar surface area (TPSA) is 42.7 Å². The van der Waals surface area contributed by atoms with E-state index in [1.807, 2.05) is 18.3 Å². The third-order valence-electron chi connectivity index (χ3n) is 2.93. The molecule has 0 aliphatic carbocycles. The quantitative estimate of drug-likeness (QED) is 0.851. The van der Waals surface area contributed by atoms with Crippen molar-refractivity contribution >= 4 is 11.2 Å². The Hall–Kier alpha value is -1.42. The largest absolute Gasteiger partial charge is 0.314 e. The van der Waals surface area contributed by atoms with Crippen molar-refractivity contribution < 1.29 is 0 Å². The van der Waals surface area contributed by atoms with Gasteiger partial charge in [0, 0.05) is 31.7 Å². The number of aromatic nitrogens is 3. The summed E-state index contributed by atoms with van der Waals surface area (Å²) in [7, 11) is 0. The third-order valence-corrected chi connectivity index (χ3v) is 2.93. The highest BCUT2D eigenvalue weighted by molar-refractivity contribution is 5.71. The molecule has 2 heterocycles. The first kappa shape index (κ1) is 13.0. The molecular weight excluding hydrogens is 224 g/mol. The van der Waals surface area contributed by atoms with Crippen LogP contribution in [-0.4, -0.2) is 27.1 Å². The van der Waals surface area contributed by atoms with Crippen LogP contribution in [0.4, 0.5) is 0 Å². The van der Waals surface area contributed by atoms with Gasteiger partial charge < -0.3 is 9.88 Å². The van der Waals surface area contributed by atoms with Crippen molar-refractivity contribution in [2.24, 2.45) is 0 Å². The Bertz CT molecular complexity index is 501. The molecule has 0 aliphatic rings. The maximum absolute atomic E-state index is 4.69. The first-order valence-electron chi connectivity index (χ1n) is 6.76. The van der Waals surface area contributed by atoms with Gasteiger partial charge in [-0.3, -0.25) is 0 Å². The Morgan fingerprint density at radius 1 is 1.39 bits per heavy atom. The van der Waals surface area contributed by atoms with Crippen LogP contribution >= 0.6 is 0 Å². The normalized spacial score (nSPS) is 11.6. The van der Waals surface area contributed by atoms with Gasteiger partial charge in [0.1, 0.15) is 11.3 Å². The highest BCUT2D eigenvalue weighted by Gasteiger charge is 2.10. The van der Waals surface area contributed by atoms with E-state index in [2.05, 4.69) is 40.6 Å². The number of imidazole rings is 1. The van der Waals surface area contributed by atoms with Gasteiger partial charge in [-0.25, -0.2) is 9.97 Å². The van der Waals surface area contributed by atoms with Crippen LogP contribution in [0, 0.1) is 0 Å². The van der Waals surface area contributed by atoms with Gasteiger partial charge in [0.25, 0.3) is 0 Å². The fourth-order valence-corrected chi connectivity index (χ4v) is 2.13. The second-order valence-electron chi connectivity index (χ2n) is 4.88. The van der Waals surface area contributed by atoms with Gasteiger partial charge in [0.05, 0.1) is 0 Å². The number of hydrogen-bond donors (Lipinski definition) is 1. The molecule has 0 amide bonds. The SMILES string of the molecule is CCCn1c(CCNC(C)C)nc2cccnc21. The summed E-state index contributed by atoms with van der Waals surface area (Å²) in [4.78, 5) is 9.13. The first-order chi connectivity index (χ1) is 8.72. The summed E-state index contributed by atoms with van der Waals surface area (Å²) in [6.07, 6.45) is 3.90. The van der Waals surface area contributed by atoms with E-state index >= 15 is 0 Å². The number of aryl methyl sites for hydroxylation is 1. The Kier molecular flexibility index (Phi) is 4.31. The minimum atomic E-state index is 0.520. The lowest BCUT2D eigenvalue weighted by Crippen LogP contribution is -2.25. The molecule has 0 radical (unpaired) electrons. The van der Waals surface area contributed by atoms with Gasteiger partial charge >= 0.3 is 0 Å². The average Bonchev–Trinajstić information content (AvgIpc) is 2.68. The maximum atomic E-state index is 4.69. The first-order valence-corrected chi connectivity index (χ1v) is 6.76. The van der Waals surface area contributed by atoms with Crippen LogP contribution in [0.5, 0.6) is 0 Å². The molecule has 0 bridgehead atoms. The molecular formula is C14H22N4. The molecule has 0 aromatic carbocycles. The van der Waals surface area contributed by atoms with E-state index in [0.717, 1.165) is 42.9 Å². The van der Waals surface area contributed by atoms with Gasteiger partial charge in [-0.15, -0.1) is 0 Å². The monoisotopic (exact) mass is 246 g/mol. The van der Waals surface area contributed by atoms with E-state index in [4.69, 9.17) is 0 Å². The van der Waals surface area contributed by atoms with Gasteiger partial charge in [-0.05, 0) is 18.6 Å². The summed E-state index contributed by atoms with van der Waals surface area (Å²) in [5, 5.41) is 3.43. The zero-order valence-electron chi connectivity index (χ0n) is 11.5. The fourth-order valence-electron chi connectivity index (χ4n) is 2.13. The maximum Gasteiger partial charge on any atom is 0.159 e. The van der Waals surface area contributed by atoms with Crippen LogP contribution < -0.4 is 5.32 Å². The fraction of sp³-hybridized carbons (Fsp3) is 0.571. The Labute approximate surface area is 108 Å². The average molecular weight is 246 g/mol. The van der Waals surface area contributed by atoms with Crippen molar-refractivity contribution in [2.75, 3.05) is 6.54 Å². The number of nitrogens with zero attached hydrogens (tertiary/aromatic N) is 3. The molecule has 18 heavy (non-hydrogen) atoms. The van der Waals surface area contributed by atoms with E-state index in [-0.39, 0.29) is 0 Å². The van der Waals surface area contributed by atoms with Crippen LogP contribution in [0.3, 0.4) is 0 Å². The molecule has 0 unspecified atom stereocenters. The molecule has 0 spiro atoms. The Morgan fingerprint density at radius 2 is 2.22 bits per heavy atom. The third kappa shape index (κ3) is 2.88. The Morgan fingerprint density at radius 3 is 2.94 bits per heavy atom. The predicted molar refractivity (Wildman–Crippen MR) is 74.7 cm³/mol. The summed E-state index contributed by atoms with van der Waals surface area (Å²) in [6.45, 7) is 8.47. The van der Waals surface area contributed by atoms with Crippen LogP contribution in [-0.2, 0) is 13.0 Å². The van der Waals surface area contributed by atoms with Crippen molar-refractivity contribution in [3.05, 3.63) is 24.2 Å². The molecule has 2 aromatic heterocycles. The van der Waals surface area contributed by atoms with Gasteiger partial charge in [0.2, 0.25) is 0 Å². The second kappa shape index (κ2) is 5.96. The van der Waals surface area contributed by atoms with E-state index in [9.17, 15) is 0 Å². The lowest BCUT2D eigenvalue weighted by Gasteiger charge is -2.09. The van der Waals surface area contributed by atoms with Gasteiger partial charge in [-0.1, -0.05) is 20.8 Å². The van der Waals surface area contributed by atoms with E-state index in [0.29, 0.717) is 6.04 Å². The van der Waals surface area contributed by atoms with E-state index in [1.54, 1.807) is 0 Å². The lowest BCUT2D eigenvalue weighted by molar-refractivity contribution is 0.566. The van der Waals surface area contributed by atoms with Crippen molar-refractivity contribution in [1.82, 2.24) is 19.9 Å². The van der Waals surface area contributed by atoms with Crippen LogP contribution in [0.25, 0.3) is 11.2 Å². The summed E-state index contributed by atoms with van der Waals surface area (Å²) in [5.74, 6) is 1.14.